The van der Waals surface area contributed by atoms with Gasteiger partial charge in [0.15, 0.2) is 24.1 Å². The minimum absolute atomic E-state index is 0. The summed E-state index contributed by atoms with van der Waals surface area (Å²) in [4.78, 5) is 82.7. The molecule has 14 N–H and O–H groups in total. The zero-order valence-electron chi connectivity index (χ0n) is 50.1. The molecule has 2 amide bonds. The van der Waals surface area contributed by atoms with Crippen molar-refractivity contribution in [3.8, 4) is 34.5 Å². The summed E-state index contributed by atoms with van der Waals surface area (Å²) in [5.74, 6) is -6.73. The second-order valence-electron chi connectivity index (χ2n) is 23.5. The summed E-state index contributed by atoms with van der Waals surface area (Å²) in [6.07, 6.45) is -8.46. The zero-order chi connectivity index (χ0) is 63.6. The lowest BCUT2D eigenvalue weighted by Gasteiger charge is -2.42. The van der Waals surface area contributed by atoms with Crippen molar-refractivity contribution >= 4 is 71.2 Å². The van der Waals surface area contributed by atoms with Crippen molar-refractivity contribution in [2.24, 2.45) is 21.7 Å². The number of ether oxygens (including phenoxy) is 6. The van der Waals surface area contributed by atoms with Crippen molar-refractivity contribution in [2.75, 3.05) is 14.2 Å². The molecule has 2 aliphatic heterocycles. The molecule has 90 heavy (non-hydrogen) atoms. The Kier molecular flexibility index (Phi) is 20.6. The standard InChI is InChI=1S/C62H72N6O20.2ClH/c1-25-51(71)33(63)19-41(85-25)87-37-23-61(81,21-31-45(37)59(79)49-47(55(31)75)53(73)29-13-11-15-35(83-5)43(29)57(49)77)27(3)65-67-39(69)17-9-7-8-10-18-40(70)68-66-28(4)62(82)22-32-46(38(24-62)88-42-20-34(64)52(72)26(2)86-42)60(80)50-48(56(32)76)54(74)30-14-12-16-36(84-6)44(30)58(50)78;;/h11-16,25-26,33-34,37-38,41-42,51-52,71-72,75-76,79-82H,7-10,17-24,63-64H2,1-6H3,(H,67,69)(H,68,70);2*1H. The van der Waals surface area contributed by atoms with E-state index in [9.17, 15) is 69.6 Å². The number of carbonyl (C=O) groups is 6. The summed E-state index contributed by atoms with van der Waals surface area (Å²) >= 11 is 0. The number of nitrogens with one attached hydrogen (secondary N) is 2. The number of methoxy groups -OCH3 is 2. The van der Waals surface area contributed by atoms with Crippen LogP contribution in [0.1, 0.15) is 190 Å². The van der Waals surface area contributed by atoms with Gasteiger partial charge in [0.25, 0.3) is 0 Å². The number of aromatic hydroxyl groups is 4. The molecule has 10 rings (SSSR count). The van der Waals surface area contributed by atoms with Gasteiger partial charge in [-0.3, -0.25) is 28.8 Å². The third kappa shape index (κ3) is 12.4. The molecule has 2 saturated heterocycles. The van der Waals surface area contributed by atoms with Gasteiger partial charge in [0.1, 0.15) is 45.7 Å². The number of aliphatic hydroxyl groups excluding tert-OH is 2. The number of phenols is 4. The molecule has 0 spiro atoms. The monoisotopic (exact) mass is 1290 g/mol. The van der Waals surface area contributed by atoms with E-state index in [1.165, 1.54) is 64.5 Å². The minimum atomic E-state index is -2.00. The molecular weight excluding hydrogens is 1220 g/mol. The smallest absolute Gasteiger partial charge is 0.240 e. The number of rotatable bonds is 17. The van der Waals surface area contributed by atoms with Gasteiger partial charge in [0, 0.05) is 96.8 Å². The molecule has 2 fully saturated rings. The molecule has 28 heteroatoms. The van der Waals surface area contributed by atoms with E-state index >= 15 is 0 Å². The summed E-state index contributed by atoms with van der Waals surface area (Å²) in [6.45, 7) is 6.04. The fourth-order valence-electron chi connectivity index (χ4n) is 12.9. The number of phenolic OH excluding ortho intramolecular Hbond substituents is 4. The molecule has 12 atom stereocenters. The van der Waals surface area contributed by atoms with E-state index in [1.54, 1.807) is 13.8 Å². The van der Waals surface area contributed by atoms with Crippen LogP contribution in [0.5, 0.6) is 34.5 Å². The lowest BCUT2D eigenvalue weighted by atomic mass is 9.71. The highest BCUT2D eigenvalue weighted by Gasteiger charge is 2.52. The van der Waals surface area contributed by atoms with Gasteiger partial charge in [-0.1, -0.05) is 37.1 Å². The molecular formula is C62H74Cl2N6O20. The highest BCUT2D eigenvalue weighted by Crippen LogP contribution is 2.55. The Hall–Kier alpha value is -7.18. The van der Waals surface area contributed by atoms with E-state index in [0.717, 1.165) is 0 Å². The molecule has 4 aliphatic carbocycles. The predicted octanol–water partition coefficient (Wildman–Crippen LogP) is 4.06. The Morgan fingerprint density at radius 3 is 1.28 bits per heavy atom. The summed E-state index contributed by atoms with van der Waals surface area (Å²) in [5, 5.41) is 102. The van der Waals surface area contributed by atoms with E-state index < -0.39 is 166 Å². The molecule has 0 bridgehead atoms. The van der Waals surface area contributed by atoms with Gasteiger partial charge in [0.2, 0.25) is 23.4 Å². The zero-order valence-corrected chi connectivity index (χ0v) is 51.7. The SMILES string of the molecule is COc1cccc2c1C(=O)c1c(O)c3c(c(O)c1C2=O)CC(O)(C(C)=NNC(=O)CCCCCCC(=O)NN=C(C)C1(O)Cc2c(O)c4c(c(O)c2C(OC2CC(N)C(O)C(C)O2)C1)C(=O)c1c(OC)cccc1C4=O)CC3OC1CC(N)C(O)C(C)O1.Cl.Cl. The molecule has 12 unspecified atom stereocenters. The third-order valence-electron chi connectivity index (χ3n) is 17.9. The van der Waals surface area contributed by atoms with Crippen LogP contribution >= 0.6 is 24.8 Å². The minimum Gasteiger partial charge on any atom is -0.507 e. The Morgan fingerprint density at radius 1 is 0.578 bits per heavy atom. The Bertz CT molecular complexity index is 3370. The maximum absolute atomic E-state index is 14.1. The van der Waals surface area contributed by atoms with E-state index in [1.807, 2.05) is 0 Å². The van der Waals surface area contributed by atoms with Crippen molar-refractivity contribution < 1.29 is 98.0 Å². The first-order valence-electron chi connectivity index (χ1n) is 29.1. The second-order valence-corrected chi connectivity index (χ2v) is 23.5. The van der Waals surface area contributed by atoms with Gasteiger partial charge >= 0.3 is 0 Å². The topological polar surface area (TPSA) is 420 Å². The fraction of sp³-hybridized carbons (Fsp3) is 0.484. The number of fused-ring (bicyclic) bond motifs is 6. The average molecular weight is 1290 g/mol. The average Bonchev–Trinajstić information content (AvgIpc) is 0.774. The number of unbranched alkanes of at least 4 members (excludes halogenated alkanes) is 3. The van der Waals surface area contributed by atoms with Crippen LogP contribution in [0.3, 0.4) is 0 Å². The third-order valence-corrected chi connectivity index (χ3v) is 17.9. The molecule has 4 aromatic rings. The number of hydrogen-bond donors (Lipinski definition) is 12. The summed E-state index contributed by atoms with van der Waals surface area (Å²) in [6, 6.07) is 7.17. The van der Waals surface area contributed by atoms with Crippen molar-refractivity contribution in [1.29, 1.82) is 0 Å². The number of benzene rings is 4. The van der Waals surface area contributed by atoms with E-state index in [0.29, 0.717) is 25.7 Å². The molecule has 486 valence electrons. The van der Waals surface area contributed by atoms with Gasteiger partial charge in [-0.05, 0) is 52.7 Å². The molecule has 0 aromatic heterocycles. The summed E-state index contributed by atoms with van der Waals surface area (Å²) in [5.41, 5.74) is 10.5. The quantitative estimate of drug-likeness (QED) is 0.0265. The first-order chi connectivity index (χ1) is 41.7. The number of nitrogens with two attached hydrogens (primary N) is 2. The van der Waals surface area contributed by atoms with Crippen LogP contribution in [0.4, 0.5) is 0 Å². The number of hydrogen-bond acceptors (Lipinski definition) is 24. The maximum Gasteiger partial charge on any atom is 0.240 e. The van der Waals surface area contributed by atoms with Gasteiger partial charge in [-0.2, -0.15) is 10.2 Å². The molecule has 26 nitrogen and oxygen atoms in total. The highest BCUT2D eigenvalue weighted by atomic mass is 35.5. The molecule has 0 radical (unpaired) electrons. The predicted molar refractivity (Wildman–Crippen MR) is 324 cm³/mol. The van der Waals surface area contributed by atoms with E-state index in [2.05, 4.69) is 21.1 Å². The summed E-state index contributed by atoms with van der Waals surface area (Å²) in [7, 11) is 2.64. The highest BCUT2D eigenvalue weighted by molar-refractivity contribution is 6.32. The normalized spacial score (nSPS) is 27.7. The number of carbonyl (C=O) groups excluding carboxylic acids is 6. The second kappa shape index (κ2) is 27.0. The first kappa shape index (κ1) is 68.7. The number of amides is 2. The first-order valence-corrected chi connectivity index (χ1v) is 29.1. The Balaban J connectivity index is 0.00000523. The van der Waals surface area contributed by atoms with Crippen molar-refractivity contribution in [2.45, 2.75) is 177 Å². The number of ketones is 4. The lowest BCUT2D eigenvalue weighted by molar-refractivity contribution is -0.246. The van der Waals surface area contributed by atoms with Crippen LogP contribution < -0.4 is 31.8 Å². The van der Waals surface area contributed by atoms with Crippen LogP contribution in [-0.4, -0.2) is 162 Å². The molecule has 4 aromatic carbocycles. The number of aliphatic hydroxyl groups is 4. The van der Waals surface area contributed by atoms with Gasteiger partial charge in [-0.25, -0.2) is 10.9 Å². The van der Waals surface area contributed by atoms with E-state index in [-0.39, 0.29) is 131 Å². The fourth-order valence-corrected chi connectivity index (χ4v) is 12.9. The van der Waals surface area contributed by atoms with Gasteiger partial charge < -0.3 is 80.7 Å². The van der Waals surface area contributed by atoms with Crippen LogP contribution in [0, 0.1) is 0 Å². The largest absolute Gasteiger partial charge is 0.507 e. The molecule has 6 aliphatic rings. The molecule has 0 saturated carbocycles. The lowest BCUT2D eigenvalue weighted by Crippen LogP contribution is -2.52. The summed E-state index contributed by atoms with van der Waals surface area (Å²) < 4.78 is 35.3. The van der Waals surface area contributed by atoms with Gasteiger partial charge in [-0.15, -0.1) is 24.8 Å². The van der Waals surface area contributed by atoms with E-state index in [4.69, 9.17) is 39.9 Å². The maximum atomic E-state index is 14.1. The van der Waals surface area contributed by atoms with Crippen molar-refractivity contribution in [3.05, 3.63) is 103 Å². The van der Waals surface area contributed by atoms with Crippen LogP contribution in [0.25, 0.3) is 0 Å². The van der Waals surface area contributed by atoms with Crippen molar-refractivity contribution in [3.63, 3.8) is 0 Å². The van der Waals surface area contributed by atoms with Crippen molar-refractivity contribution in [1.82, 2.24) is 10.9 Å². The number of nitrogens with zero attached hydrogens (tertiary/aromatic N) is 2. The van der Waals surface area contributed by atoms with Gasteiger partial charge in [0.05, 0.1) is 95.6 Å². The van der Waals surface area contributed by atoms with Crippen LogP contribution in [0.15, 0.2) is 46.6 Å². The van der Waals surface area contributed by atoms with Crippen LogP contribution in [-0.2, 0) is 41.4 Å². The Labute approximate surface area is 528 Å². The number of hydrazone groups is 2. The number of halogens is 2. The Morgan fingerprint density at radius 2 is 0.933 bits per heavy atom. The molecule has 2 heterocycles. The van der Waals surface area contributed by atoms with Crippen LogP contribution in [0.2, 0.25) is 0 Å².